The minimum atomic E-state index is -1.38. The number of carbonyl (C=O) groups excluding carboxylic acids is 2. The second-order valence-electron chi connectivity index (χ2n) is 7.93. The first-order valence-electron chi connectivity index (χ1n) is 10.1. The van der Waals surface area contributed by atoms with E-state index in [4.69, 9.17) is 17.3 Å². The minimum Gasteiger partial charge on any atom is -0.391 e. The van der Waals surface area contributed by atoms with E-state index in [1.807, 2.05) is 0 Å². The van der Waals surface area contributed by atoms with Gasteiger partial charge in [-0.2, -0.15) is 0 Å². The summed E-state index contributed by atoms with van der Waals surface area (Å²) in [7, 11) is 0. The molecule has 3 N–H and O–H groups in total. The molecular formula is C22H24ClFN4O3. The van der Waals surface area contributed by atoms with Gasteiger partial charge in [-0.25, -0.2) is 9.18 Å². The van der Waals surface area contributed by atoms with E-state index in [0.29, 0.717) is 36.8 Å². The highest BCUT2D eigenvalue weighted by atomic mass is 35.5. The molecule has 9 heteroatoms. The van der Waals surface area contributed by atoms with Crippen molar-refractivity contribution in [1.29, 1.82) is 0 Å². The van der Waals surface area contributed by atoms with Crippen LogP contribution in [0, 0.1) is 5.82 Å². The lowest BCUT2D eigenvalue weighted by Crippen LogP contribution is -2.60. The summed E-state index contributed by atoms with van der Waals surface area (Å²) in [6.45, 7) is 1.96. The number of hydrogen-bond donors (Lipinski definition) is 2. The zero-order valence-electron chi connectivity index (χ0n) is 16.9. The largest absolute Gasteiger partial charge is 0.391 e. The van der Waals surface area contributed by atoms with Gasteiger partial charge in [-0.1, -0.05) is 23.7 Å². The fraction of sp³-hybridized carbons (Fsp3) is 0.364. The van der Waals surface area contributed by atoms with Gasteiger partial charge in [-0.05, 0) is 42.0 Å². The number of aliphatic hydroxyl groups excluding tert-OH is 1. The van der Waals surface area contributed by atoms with Gasteiger partial charge >= 0.3 is 6.03 Å². The molecule has 3 amide bonds. The van der Waals surface area contributed by atoms with Crippen LogP contribution in [0.2, 0.25) is 5.02 Å². The number of amides is 3. The molecule has 4 rings (SSSR count). The first-order valence-corrected chi connectivity index (χ1v) is 10.5. The minimum absolute atomic E-state index is 0.0146. The third-order valence-electron chi connectivity index (χ3n) is 6.09. The second-order valence-corrected chi connectivity index (χ2v) is 8.37. The van der Waals surface area contributed by atoms with Gasteiger partial charge in [0.25, 0.3) is 5.91 Å². The predicted molar refractivity (Wildman–Crippen MR) is 115 cm³/mol. The smallest absolute Gasteiger partial charge is 0.316 e. The number of benzene rings is 2. The summed E-state index contributed by atoms with van der Waals surface area (Å²) >= 11 is 6.02. The first kappa shape index (κ1) is 21.4. The summed E-state index contributed by atoms with van der Waals surface area (Å²) in [5, 5.41) is 10.9. The summed E-state index contributed by atoms with van der Waals surface area (Å²) < 4.78 is 13.2. The molecule has 2 aliphatic rings. The van der Waals surface area contributed by atoms with E-state index >= 15 is 0 Å². The van der Waals surface area contributed by atoms with Crippen molar-refractivity contribution in [2.24, 2.45) is 5.73 Å². The van der Waals surface area contributed by atoms with Crippen molar-refractivity contribution in [3.05, 3.63) is 64.9 Å². The van der Waals surface area contributed by atoms with E-state index in [9.17, 15) is 19.1 Å². The van der Waals surface area contributed by atoms with Crippen molar-refractivity contribution < 1.29 is 19.1 Å². The van der Waals surface area contributed by atoms with Gasteiger partial charge in [-0.3, -0.25) is 4.79 Å². The molecule has 31 heavy (non-hydrogen) atoms. The van der Waals surface area contributed by atoms with Gasteiger partial charge in [0.05, 0.1) is 6.10 Å². The Labute approximate surface area is 184 Å². The van der Waals surface area contributed by atoms with Gasteiger partial charge in [0.2, 0.25) is 0 Å². The van der Waals surface area contributed by atoms with Gasteiger partial charge < -0.3 is 25.5 Å². The Morgan fingerprint density at radius 3 is 2.23 bits per heavy atom. The molecule has 0 bridgehead atoms. The number of halogens is 2. The molecule has 0 spiro atoms. The van der Waals surface area contributed by atoms with Crippen LogP contribution in [0.4, 0.5) is 14.9 Å². The van der Waals surface area contributed by atoms with Crippen LogP contribution < -0.4 is 10.6 Å². The number of hydrogen-bond acceptors (Lipinski definition) is 4. The molecule has 7 nitrogen and oxygen atoms in total. The molecule has 0 aliphatic carbocycles. The number of primary amides is 1. The van der Waals surface area contributed by atoms with Crippen molar-refractivity contribution in [2.45, 2.75) is 18.1 Å². The first-order chi connectivity index (χ1) is 14.8. The Bertz CT molecular complexity index is 964. The van der Waals surface area contributed by atoms with E-state index in [-0.39, 0.29) is 24.7 Å². The number of urea groups is 1. The fourth-order valence-electron chi connectivity index (χ4n) is 4.57. The number of nitrogens with two attached hydrogens (primary N) is 1. The molecule has 2 saturated heterocycles. The third kappa shape index (κ3) is 3.93. The summed E-state index contributed by atoms with van der Waals surface area (Å²) in [5.41, 5.74) is 5.69. The number of rotatable bonds is 3. The maximum atomic E-state index is 13.8. The zero-order valence-corrected chi connectivity index (χ0v) is 17.6. The Morgan fingerprint density at radius 2 is 1.65 bits per heavy atom. The Kier molecular flexibility index (Phi) is 5.77. The van der Waals surface area contributed by atoms with Gasteiger partial charge in [0.15, 0.2) is 5.54 Å². The summed E-state index contributed by atoms with van der Waals surface area (Å²) in [4.78, 5) is 31.1. The fourth-order valence-corrected chi connectivity index (χ4v) is 4.69. The topological polar surface area (TPSA) is 90.1 Å². The molecule has 2 aromatic rings. The van der Waals surface area contributed by atoms with Crippen molar-refractivity contribution in [3.8, 4) is 0 Å². The molecule has 2 atom stereocenters. The molecule has 2 aromatic carbocycles. The molecule has 0 saturated carbocycles. The number of carbonyl (C=O) groups is 2. The highest BCUT2D eigenvalue weighted by molar-refractivity contribution is 6.30. The predicted octanol–water partition coefficient (Wildman–Crippen LogP) is 2.17. The van der Waals surface area contributed by atoms with Crippen LogP contribution in [0.15, 0.2) is 48.5 Å². The van der Waals surface area contributed by atoms with Crippen LogP contribution in [0.5, 0.6) is 0 Å². The highest BCUT2D eigenvalue weighted by Gasteiger charge is 2.55. The molecule has 0 unspecified atom stereocenters. The Morgan fingerprint density at radius 1 is 1.03 bits per heavy atom. The molecule has 2 aliphatic heterocycles. The Balaban J connectivity index is 1.61. The van der Waals surface area contributed by atoms with Crippen molar-refractivity contribution in [1.82, 2.24) is 9.80 Å². The van der Waals surface area contributed by atoms with Gasteiger partial charge in [0.1, 0.15) is 5.82 Å². The number of piperazine rings is 1. The SMILES string of the molecule is NC(=O)N1C[C@H](O)C[C@]1(C(=O)N1CCN(c2ccc(F)cc2)CC1)c1ccc(Cl)cc1. The number of β-amino-alcohol motifs (C(OH)–C–C–N with tert-alkyl or cyclic N) is 1. The van der Waals surface area contributed by atoms with Crippen molar-refractivity contribution in [3.63, 3.8) is 0 Å². The van der Waals surface area contributed by atoms with Crippen LogP contribution in [0.3, 0.4) is 0 Å². The average molecular weight is 447 g/mol. The lowest BCUT2D eigenvalue weighted by atomic mass is 9.85. The van der Waals surface area contributed by atoms with Crippen LogP contribution in [-0.4, -0.2) is 65.7 Å². The van der Waals surface area contributed by atoms with Crippen molar-refractivity contribution in [2.75, 3.05) is 37.6 Å². The number of anilines is 1. The van der Waals surface area contributed by atoms with E-state index in [2.05, 4.69) is 4.90 Å². The normalized spacial score (nSPS) is 23.8. The van der Waals surface area contributed by atoms with Crippen LogP contribution >= 0.6 is 11.6 Å². The maximum Gasteiger partial charge on any atom is 0.316 e. The summed E-state index contributed by atoms with van der Waals surface area (Å²) in [6.07, 6.45) is -0.804. The molecule has 164 valence electrons. The molecule has 0 radical (unpaired) electrons. The van der Waals surface area contributed by atoms with E-state index in [1.54, 1.807) is 41.3 Å². The Hall–Kier alpha value is -2.84. The van der Waals surface area contributed by atoms with Crippen LogP contribution in [0.1, 0.15) is 12.0 Å². The standard InChI is InChI=1S/C22H24ClFN4O3/c23-16-3-1-15(2-4-16)22(13-19(29)14-28(22)21(25)31)20(30)27-11-9-26(10-12-27)18-7-5-17(24)6-8-18/h1-8,19,29H,9-14H2,(H2,25,31)/t19-,22-/m1/s1. The van der Waals surface area contributed by atoms with Crippen LogP contribution in [0.25, 0.3) is 0 Å². The number of aliphatic hydroxyl groups is 1. The summed E-state index contributed by atoms with van der Waals surface area (Å²) in [5.74, 6) is -0.572. The lowest BCUT2D eigenvalue weighted by Gasteiger charge is -2.43. The van der Waals surface area contributed by atoms with Gasteiger partial charge in [-0.15, -0.1) is 0 Å². The van der Waals surface area contributed by atoms with E-state index in [1.165, 1.54) is 17.0 Å². The second kappa shape index (κ2) is 8.36. The maximum absolute atomic E-state index is 13.8. The third-order valence-corrected chi connectivity index (χ3v) is 6.34. The molecule has 2 fully saturated rings. The zero-order chi connectivity index (χ0) is 22.2. The van der Waals surface area contributed by atoms with Crippen molar-refractivity contribution >= 4 is 29.2 Å². The van der Waals surface area contributed by atoms with Crippen LogP contribution in [-0.2, 0) is 10.3 Å². The molecular weight excluding hydrogens is 423 g/mol. The number of likely N-dealkylation sites (tertiary alicyclic amines) is 1. The molecule has 2 heterocycles. The molecule has 0 aromatic heterocycles. The average Bonchev–Trinajstić information content (AvgIpc) is 3.13. The van der Waals surface area contributed by atoms with Gasteiger partial charge in [0, 0.05) is 49.9 Å². The highest BCUT2D eigenvalue weighted by Crippen LogP contribution is 2.41. The number of nitrogens with zero attached hydrogens (tertiary/aromatic N) is 3. The lowest BCUT2D eigenvalue weighted by molar-refractivity contribution is -0.142. The monoisotopic (exact) mass is 446 g/mol. The van der Waals surface area contributed by atoms with E-state index < -0.39 is 17.7 Å². The quantitative estimate of drug-likeness (QED) is 0.756. The summed E-state index contributed by atoms with van der Waals surface area (Å²) in [6, 6.07) is 12.2. The van der Waals surface area contributed by atoms with E-state index in [0.717, 1.165) is 5.69 Å².